The van der Waals surface area contributed by atoms with Crippen LogP contribution in [0, 0.1) is 6.92 Å². The molecule has 2 aromatic heterocycles. The molecule has 0 atom stereocenters. The van der Waals surface area contributed by atoms with Gasteiger partial charge in [0.25, 0.3) is 0 Å². The van der Waals surface area contributed by atoms with E-state index in [1.54, 1.807) is 12.3 Å². The lowest BCUT2D eigenvalue weighted by Gasteiger charge is -2.17. The van der Waals surface area contributed by atoms with Gasteiger partial charge in [0, 0.05) is 19.7 Å². The number of aromatic nitrogens is 4. The lowest BCUT2D eigenvalue weighted by Crippen LogP contribution is -2.20. The van der Waals surface area contributed by atoms with Gasteiger partial charge in [-0.15, -0.1) is 5.10 Å². The molecule has 0 radical (unpaired) electrons. The Balaban J connectivity index is 2.06. The monoisotopic (exact) mass is 262 g/mol. The van der Waals surface area contributed by atoms with Gasteiger partial charge in [0.1, 0.15) is 5.76 Å². The predicted octanol–water partition coefficient (Wildman–Crippen LogP) is 2.15. The van der Waals surface area contributed by atoms with Crippen LogP contribution in [-0.4, -0.2) is 33.9 Å². The Kier molecular flexibility index (Phi) is 4.27. The fourth-order valence-electron chi connectivity index (χ4n) is 1.58. The number of hydrogen-bond acceptors (Lipinski definition) is 7. The number of anilines is 3. The van der Waals surface area contributed by atoms with Gasteiger partial charge in [-0.25, -0.2) is 0 Å². The van der Waals surface area contributed by atoms with Crippen molar-refractivity contribution in [1.82, 2.24) is 20.3 Å². The van der Waals surface area contributed by atoms with Crippen molar-refractivity contribution in [2.24, 2.45) is 0 Å². The van der Waals surface area contributed by atoms with Crippen LogP contribution in [0.5, 0.6) is 0 Å². The van der Waals surface area contributed by atoms with Gasteiger partial charge < -0.3 is 14.7 Å². The first-order chi connectivity index (χ1) is 9.19. The van der Waals surface area contributed by atoms with Crippen molar-refractivity contribution in [3.8, 4) is 0 Å². The average Bonchev–Trinajstić information content (AvgIpc) is 2.81. The Morgan fingerprint density at radius 1 is 1.42 bits per heavy atom. The molecule has 0 saturated carbocycles. The third kappa shape index (κ3) is 3.64. The number of nitrogens with zero attached hydrogens (tertiary/aromatic N) is 5. The van der Waals surface area contributed by atoms with E-state index in [0.29, 0.717) is 11.8 Å². The minimum atomic E-state index is 0.411. The minimum Gasteiger partial charge on any atom is -0.360 e. The quantitative estimate of drug-likeness (QED) is 0.854. The van der Waals surface area contributed by atoms with Crippen LogP contribution in [0.15, 0.2) is 16.8 Å². The summed E-state index contributed by atoms with van der Waals surface area (Å²) >= 11 is 0. The van der Waals surface area contributed by atoms with Gasteiger partial charge in [-0.1, -0.05) is 18.5 Å². The molecule has 19 heavy (non-hydrogen) atoms. The maximum absolute atomic E-state index is 4.97. The molecule has 0 bridgehead atoms. The van der Waals surface area contributed by atoms with Gasteiger partial charge in [-0.05, 0) is 13.3 Å². The average molecular weight is 262 g/mol. The molecule has 0 unspecified atom stereocenters. The second-order valence-corrected chi connectivity index (χ2v) is 4.36. The normalized spacial score (nSPS) is 10.5. The van der Waals surface area contributed by atoms with Crippen LogP contribution in [0.2, 0.25) is 0 Å². The zero-order chi connectivity index (χ0) is 13.7. The van der Waals surface area contributed by atoms with Crippen LogP contribution in [0.4, 0.5) is 17.6 Å². The molecular formula is C12H18N6O. The van der Waals surface area contributed by atoms with Crippen molar-refractivity contribution in [3.63, 3.8) is 0 Å². The number of hydrogen-bond donors (Lipinski definition) is 1. The second kappa shape index (κ2) is 6.12. The molecule has 0 spiro atoms. The van der Waals surface area contributed by atoms with Gasteiger partial charge in [-0.2, -0.15) is 10.1 Å². The van der Waals surface area contributed by atoms with Gasteiger partial charge in [0.2, 0.25) is 5.95 Å². The predicted molar refractivity (Wildman–Crippen MR) is 72.5 cm³/mol. The fourth-order valence-corrected chi connectivity index (χ4v) is 1.58. The van der Waals surface area contributed by atoms with Crippen molar-refractivity contribution in [3.05, 3.63) is 18.0 Å². The number of unbranched alkanes of at least 4 members (excludes halogenated alkanes) is 1. The lowest BCUT2D eigenvalue weighted by molar-refractivity contribution is 0.400. The molecule has 1 N–H and O–H groups in total. The first-order valence-electron chi connectivity index (χ1n) is 6.30. The highest BCUT2D eigenvalue weighted by molar-refractivity contribution is 5.49. The SMILES string of the molecule is CCCCN(C)c1cnnc(Nc2cc(C)on2)n1. The summed E-state index contributed by atoms with van der Waals surface area (Å²) in [7, 11) is 1.99. The molecule has 0 amide bonds. The summed E-state index contributed by atoms with van der Waals surface area (Å²) in [5.41, 5.74) is 0. The maximum Gasteiger partial charge on any atom is 0.250 e. The van der Waals surface area contributed by atoms with E-state index in [1.807, 2.05) is 14.0 Å². The summed E-state index contributed by atoms with van der Waals surface area (Å²) < 4.78 is 4.97. The first kappa shape index (κ1) is 13.3. The zero-order valence-corrected chi connectivity index (χ0v) is 11.4. The van der Waals surface area contributed by atoms with E-state index in [-0.39, 0.29) is 0 Å². The molecule has 7 nitrogen and oxygen atoms in total. The van der Waals surface area contributed by atoms with Crippen molar-refractivity contribution < 1.29 is 4.52 Å². The van der Waals surface area contributed by atoms with Crippen LogP contribution in [0.1, 0.15) is 25.5 Å². The third-order valence-electron chi connectivity index (χ3n) is 2.65. The van der Waals surface area contributed by atoms with Gasteiger partial charge in [0.15, 0.2) is 11.6 Å². The fraction of sp³-hybridized carbons (Fsp3) is 0.500. The summed E-state index contributed by atoms with van der Waals surface area (Å²) in [6, 6.07) is 1.77. The largest absolute Gasteiger partial charge is 0.360 e. The molecule has 0 aliphatic rings. The summed E-state index contributed by atoms with van der Waals surface area (Å²) in [5, 5.41) is 14.7. The molecule has 0 aromatic carbocycles. The van der Waals surface area contributed by atoms with Crippen molar-refractivity contribution in [2.45, 2.75) is 26.7 Å². The molecule has 7 heteroatoms. The molecule has 2 heterocycles. The van der Waals surface area contributed by atoms with E-state index in [4.69, 9.17) is 4.52 Å². The van der Waals surface area contributed by atoms with Crippen molar-refractivity contribution >= 4 is 17.6 Å². The van der Waals surface area contributed by atoms with Gasteiger partial charge >= 0.3 is 0 Å². The Morgan fingerprint density at radius 2 is 2.26 bits per heavy atom. The first-order valence-corrected chi connectivity index (χ1v) is 6.30. The van der Waals surface area contributed by atoms with Gasteiger partial charge in [-0.3, -0.25) is 0 Å². The highest BCUT2D eigenvalue weighted by Gasteiger charge is 2.07. The second-order valence-electron chi connectivity index (χ2n) is 4.36. The standard InChI is InChI=1S/C12H18N6O/c1-4-5-6-18(3)11-8-13-16-12(15-11)14-10-7-9(2)19-17-10/h7-8H,4-6H2,1-3H3,(H,14,15,16,17). The smallest absolute Gasteiger partial charge is 0.250 e. The molecule has 0 fully saturated rings. The number of nitrogens with one attached hydrogen (secondary N) is 1. The molecule has 2 aromatic rings. The van der Waals surface area contributed by atoms with E-state index in [1.165, 1.54) is 0 Å². The van der Waals surface area contributed by atoms with E-state index in [9.17, 15) is 0 Å². The Bertz CT molecular complexity index is 526. The van der Waals surface area contributed by atoms with Crippen LogP contribution in [0.3, 0.4) is 0 Å². The lowest BCUT2D eigenvalue weighted by atomic mass is 10.3. The number of aryl methyl sites for hydroxylation is 1. The number of rotatable bonds is 6. The summed E-state index contributed by atoms with van der Waals surface area (Å²) in [6.45, 7) is 4.93. The molecule has 0 aliphatic heterocycles. The van der Waals surface area contributed by atoms with Crippen LogP contribution in [0.25, 0.3) is 0 Å². The van der Waals surface area contributed by atoms with E-state index in [0.717, 1.165) is 31.0 Å². The highest BCUT2D eigenvalue weighted by Crippen LogP contribution is 2.14. The summed E-state index contributed by atoms with van der Waals surface area (Å²) in [4.78, 5) is 6.44. The Labute approximate surface area is 112 Å². The molecule has 0 saturated heterocycles. The Morgan fingerprint density at radius 3 is 2.95 bits per heavy atom. The van der Waals surface area contributed by atoms with Crippen molar-refractivity contribution in [1.29, 1.82) is 0 Å². The Hall–Kier alpha value is -2.18. The summed E-state index contributed by atoms with van der Waals surface area (Å²) in [5.74, 6) is 2.50. The highest BCUT2D eigenvalue weighted by atomic mass is 16.5. The maximum atomic E-state index is 4.97. The summed E-state index contributed by atoms with van der Waals surface area (Å²) in [6.07, 6.45) is 3.91. The molecular weight excluding hydrogens is 244 g/mol. The van der Waals surface area contributed by atoms with Gasteiger partial charge in [0.05, 0.1) is 6.20 Å². The molecule has 2 rings (SSSR count). The molecule has 102 valence electrons. The van der Waals surface area contributed by atoms with E-state index < -0.39 is 0 Å². The van der Waals surface area contributed by atoms with Crippen LogP contribution in [-0.2, 0) is 0 Å². The zero-order valence-electron chi connectivity index (χ0n) is 11.4. The van der Waals surface area contributed by atoms with Crippen LogP contribution < -0.4 is 10.2 Å². The topological polar surface area (TPSA) is 80.0 Å². The minimum absolute atomic E-state index is 0.411. The van der Waals surface area contributed by atoms with E-state index in [2.05, 4.69) is 37.5 Å². The molecule has 0 aliphatic carbocycles. The third-order valence-corrected chi connectivity index (χ3v) is 2.65. The van der Waals surface area contributed by atoms with Crippen LogP contribution >= 0.6 is 0 Å². The van der Waals surface area contributed by atoms with E-state index >= 15 is 0 Å². The van der Waals surface area contributed by atoms with Crippen molar-refractivity contribution in [2.75, 3.05) is 23.8 Å².